The summed E-state index contributed by atoms with van der Waals surface area (Å²) in [6, 6.07) is 0. The average molecular weight is 246 g/mol. The Morgan fingerprint density at radius 1 is 1.19 bits per heavy atom. The second-order valence-electron chi connectivity index (χ2n) is 3.79. The van der Waals surface area contributed by atoms with Crippen LogP contribution in [-0.2, 0) is 0 Å². The Labute approximate surface area is 88.4 Å². The van der Waals surface area contributed by atoms with Crippen molar-refractivity contribution in [1.82, 2.24) is 0 Å². The van der Waals surface area contributed by atoms with Crippen molar-refractivity contribution in [2.24, 2.45) is 0 Å². The molecule has 0 bridgehead atoms. The van der Waals surface area contributed by atoms with Gasteiger partial charge in [0.1, 0.15) is 5.60 Å². The third-order valence-corrected chi connectivity index (χ3v) is 2.55. The maximum absolute atomic E-state index is 13.3. The van der Waals surface area contributed by atoms with Gasteiger partial charge in [-0.3, -0.25) is 0 Å². The molecule has 2 N–H and O–H groups in total. The number of hydrogen-bond acceptors (Lipinski definition) is 2. The lowest BCUT2D eigenvalue weighted by Gasteiger charge is -2.38. The van der Waals surface area contributed by atoms with Gasteiger partial charge in [0, 0.05) is 0 Å². The molecule has 7 heteroatoms. The van der Waals surface area contributed by atoms with E-state index in [4.69, 9.17) is 5.11 Å². The van der Waals surface area contributed by atoms with Crippen LogP contribution in [0.15, 0.2) is 12.2 Å². The summed E-state index contributed by atoms with van der Waals surface area (Å²) in [6.45, 7) is 0. The van der Waals surface area contributed by atoms with Crippen LogP contribution in [-0.4, -0.2) is 34.0 Å². The number of halogens is 5. The van der Waals surface area contributed by atoms with E-state index in [1.54, 1.807) is 0 Å². The number of rotatable bonds is 2. The molecule has 0 saturated heterocycles. The van der Waals surface area contributed by atoms with E-state index < -0.39 is 30.2 Å². The highest BCUT2D eigenvalue weighted by Crippen LogP contribution is 2.43. The highest BCUT2D eigenvalue weighted by Gasteiger charge is 2.64. The first-order chi connectivity index (χ1) is 7.11. The monoisotopic (exact) mass is 246 g/mol. The van der Waals surface area contributed by atoms with Crippen molar-refractivity contribution in [3.8, 4) is 0 Å². The van der Waals surface area contributed by atoms with E-state index in [1.165, 1.54) is 6.08 Å². The van der Waals surface area contributed by atoms with Crippen LogP contribution in [0.5, 0.6) is 0 Å². The fraction of sp³-hybridized carbons (Fsp3) is 0.778. The third kappa shape index (κ3) is 2.20. The lowest BCUT2D eigenvalue weighted by molar-refractivity contribution is -0.306. The third-order valence-electron chi connectivity index (χ3n) is 2.55. The molecule has 2 nitrogen and oxygen atoms in total. The highest BCUT2D eigenvalue weighted by atomic mass is 19.4. The Morgan fingerprint density at radius 2 is 1.75 bits per heavy atom. The normalized spacial score (nSPS) is 29.2. The van der Waals surface area contributed by atoms with Crippen LogP contribution in [0.1, 0.15) is 19.3 Å². The molecule has 94 valence electrons. The maximum Gasteiger partial charge on any atom is 0.420 e. The molecule has 0 aliphatic heterocycles. The molecule has 0 aromatic heterocycles. The van der Waals surface area contributed by atoms with E-state index in [-0.39, 0.29) is 6.42 Å². The van der Waals surface area contributed by atoms with Crippen molar-refractivity contribution in [3.63, 3.8) is 0 Å². The van der Waals surface area contributed by atoms with E-state index in [1.807, 2.05) is 0 Å². The Kier molecular flexibility index (Phi) is 3.31. The Balaban J connectivity index is 3.00. The second-order valence-corrected chi connectivity index (χ2v) is 3.79. The van der Waals surface area contributed by atoms with Crippen LogP contribution < -0.4 is 0 Å². The van der Waals surface area contributed by atoms with Gasteiger partial charge in [-0.05, 0) is 19.3 Å². The first-order valence-electron chi connectivity index (χ1n) is 4.64. The lowest BCUT2D eigenvalue weighted by Crippen LogP contribution is -2.59. The summed E-state index contributed by atoms with van der Waals surface area (Å²) >= 11 is 0. The van der Waals surface area contributed by atoms with Crippen LogP contribution in [0.4, 0.5) is 22.0 Å². The molecule has 0 spiro atoms. The molecule has 0 heterocycles. The summed E-state index contributed by atoms with van der Waals surface area (Å²) in [5, 5.41) is 18.0. The van der Waals surface area contributed by atoms with Crippen LogP contribution in [0, 0.1) is 0 Å². The first-order valence-corrected chi connectivity index (χ1v) is 4.64. The van der Waals surface area contributed by atoms with E-state index >= 15 is 0 Å². The summed E-state index contributed by atoms with van der Waals surface area (Å²) in [4.78, 5) is 0. The number of aliphatic hydroxyl groups is 2. The quantitative estimate of drug-likeness (QED) is 0.578. The minimum absolute atomic E-state index is 0.146. The maximum atomic E-state index is 13.3. The van der Waals surface area contributed by atoms with Gasteiger partial charge in [-0.25, -0.2) is 0 Å². The predicted octanol–water partition coefficient (Wildman–Crippen LogP) is 2.02. The van der Waals surface area contributed by atoms with E-state index in [0.29, 0.717) is 12.5 Å². The Morgan fingerprint density at radius 3 is 2.12 bits per heavy atom. The topological polar surface area (TPSA) is 40.5 Å². The van der Waals surface area contributed by atoms with Gasteiger partial charge in [0.25, 0.3) is 0 Å². The molecule has 2 unspecified atom stereocenters. The molecule has 1 rings (SSSR count). The van der Waals surface area contributed by atoms with Gasteiger partial charge in [-0.1, -0.05) is 12.2 Å². The largest absolute Gasteiger partial charge is 0.420 e. The van der Waals surface area contributed by atoms with Gasteiger partial charge in [0.15, 0.2) is 0 Å². The van der Waals surface area contributed by atoms with Crippen LogP contribution in [0.3, 0.4) is 0 Å². The molecular formula is C9H11F5O2. The molecule has 0 aromatic carbocycles. The van der Waals surface area contributed by atoms with Crippen molar-refractivity contribution >= 4 is 0 Å². The molecule has 0 radical (unpaired) electrons. The van der Waals surface area contributed by atoms with Crippen molar-refractivity contribution in [2.45, 2.75) is 43.1 Å². The summed E-state index contributed by atoms with van der Waals surface area (Å²) in [6.07, 6.45) is -7.47. The molecule has 1 aliphatic rings. The zero-order valence-electron chi connectivity index (χ0n) is 8.14. The van der Waals surface area contributed by atoms with Gasteiger partial charge < -0.3 is 10.2 Å². The minimum atomic E-state index is -5.47. The zero-order valence-corrected chi connectivity index (χ0v) is 8.14. The summed E-state index contributed by atoms with van der Waals surface area (Å²) in [7, 11) is 0. The van der Waals surface area contributed by atoms with Crippen molar-refractivity contribution in [1.29, 1.82) is 0 Å². The number of allylic oxidation sites excluding steroid dienone is 1. The van der Waals surface area contributed by atoms with Gasteiger partial charge >= 0.3 is 12.1 Å². The number of alkyl halides is 5. The molecule has 1 aliphatic carbocycles. The molecule has 2 atom stereocenters. The van der Waals surface area contributed by atoms with Crippen LogP contribution in [0.2, 0.25) is 0 Å². The Bertz CT molecular complexity index is 286. The average Bonchev–Trinajstić information content (AvgIpc) is 2.16. The Hall–Kier alpha value is -0.690. The first kappa shape index (κ1) is 13.4. The molecule has 0 saturated carbocycles. The fourth-order valence-electron chi connectivity index (χ4n) is 1.57. The molecule has 16 heavy (non-hydrogen) atoms. The second kappa shape index (κ2) is 3.96. The van der Waals surface area contributed by atoms with Gasteiger partial charge in [0.2, 0.25) is 6.10 Å². The fourth-order valence-corrected chi connectivity index (χ4v) is 1.57. The smallest absolute Gasteiger partial charge is 0.379 e. The SMILES string of the molecule is OC(C(F)(F)F)C(F)(F)C1(O)C=CCCC1. The van der Waals surface area contributed by atoms with Crippen LogP contribution in [0.25, 0.3) is 0 Å². The molecule has 0 fully saturated rings. The molecule has 0 amide bonds. The lowest BCUT2D eigenvalue weighted by atomic mass is 9.82. The van der Waals surface area contributed by atoms with E-state index in [2.05, 4.69) is 0 Å². The van der Waals surface area contributed by atoms with Crippen molar-refractivity contribution in [3.05, 3.63) is 12.2 Å². The minimum Gasteiger partial charge on any atom is -0.379 e. The molecular weight excluding hydrogens is 235 g/mol. The molecule has 0 aromatic rings. The number of hydrogen-bond donors (Lipinski definition) is 2. The number of aliphatic hydroxyl groups excluding tert-OH is 1. The highest BCUT2D eigenvalue weighted by molar-refractivity contribution is 5.14. The summed E-state index contributed by atoms with van der Waals surface area (Å²) in [5.41, 5.74) is -2.93. The van der Waals surface area contributed by atoms with Gasteiger partial charge in [-0.2, -0.15) is 22.0 Å². The zero-order chi connectivity index (χ0) is 12.6. The standard InChI is InChI=1S/C9H11F5O2/c10-8(11,6(15)9(12,13)14)7(16)4-2-1-3-5-7/h2,4,6,15-16H,1,3,5H2. The van der Waals surface area contributed by atoms with E-state index in [9.17, 15) is 27.1 Å². The summed E-state index contributed by atoms with van der Waals surface area (Å²) in [5.74, 6) is -4.65. The van der Waals surface area contributed by atoms with Crippen LogP contribution >= 0.6 is 0 Å². The van der Waals surface area contributed by atoms with Crippen molar-refractivity contribution < 1.29 is 32.2 Å². The summed E-state index contributed by atoms with van der Waals surface area (Å²) < 4.78 is 62.6. The van der Waals surface area contributed by atoms with Gasteiger partial charge in [-0.15, -0.1) is 0 Å². The predicted molar refractivity (Wildman–Crippen MR) is 44.9 cm³/mol. The van der Waals surface area contributed by atoms with E-state index in [0.717, 1.165) is 0 Å². The van der Waals surface area contributed by atoms with Gasteiger partial charge in [0.05, 0.1) is 0 Å². The van der Waals surface area contributed by atoms with Crippen molar-refractivity contribution in [2.75, 3.05) is 0 Å².